The minimum atomic E-state index is -0.708. The van der Waals surface area contributed by atoms with E-state index < -0.39 is 6.10 Å². The van der Waals surface area contributed by atoms with E-state index in [4.69, 9.17) is 9.47 Å². The van der Waals surface area contributed by atoms with Gasteiger partial charge < -0.3 is 35.4 Å². The molecule has 0 aliphatic rings. The van der Waals surface area contributed by atoms with E-state index in [2.05, 4.69) is 25.8 Å². The van der Waals surface area contributed by atoms with Crippen molar-refractivity contribution in [3.8, 4) is 17.2 Å². The van der Waals surface area contributed by atoms with Gasteiger partial charge in [-0.3, -0.25) is 9.78 Å². The molecule has 0 saturated carbocycles. The third-order valence-corrected chi connectivity index (χ3v) is 5.97. The van der Waals surface area contributed by atoms with Crippen molar-refractivity contribution in [3.05, 3.63) is 53.7 Å². The van der Waals surface area contributed by atoms with E-state index in [0.717, 1.165) is 18.7 Å². The smallest absolute Gasteiger partial charge is 0.318 e. The van der Waals surface area contributed by atoms with Gasteiger partial charge in [0, 0.05) is 44.0 Å². The molecule has 3 rings (SSSR count). The van der Waals surface area contributed by atoms with Gasteiger partial charge in [-0.1, -0.05) is 13.8 Å². The van der Waals surface area contributed by atoms with Crippen molar-refractivity contribution in [1.82, 2.24) is 20.5 Å². The number of hydrogen-bond acceptors (Lipinski definition) is 7. The van der Waals surface area contributed by atoms with Crippen LogP contribution in [-0.2, 0) is 0 Å². The maximum Gasteiger partial charge on any atom is 0.318 e. The van der Waals surface area contributed by atoms with Crippen LogP contribution in [0.1, 0.15) is 29.8 Å². The summed E-state index contributed by atoms with van der Waals surface area (Å²) in [5, 5.41) is 19.0. The molecule has 37 heavy (non-hydrogen) atoms. The number of urea groups is 1. The van der Waals surface area contributed by atoms with Crippen LogP contribution in [0.5, 0.6) is 17.2 Å². The van der Waals surface area contributed by atoms with Crippen molar-refractivity contribution in [2.45, 2.75) is 26.9 Å². The molecule has 10 heteroatoms. The number of aromatic nitrogens is 1. The topological polar surface area (TPSA) is 125 Å². The molecule has 0 saturated heterocycles. The molecule has 1 heterocycles. The second-order valence-electron chi connectivity index (χ2n) is 8.49. The van der Waals surface area contributed by atoms with Gasteiger partial charge >= 0.3 is 6.03 Å². The fraction of sp³-hybridized carbons (Fsp3) is 0.370. The number of amides is 3. The van der Waals surface area contributed by atoms with E-state index in [9.17, 15) is 14.7 Å². The van der Waals surface area contributed by atoms with Crippen LogP contribution >= 0.6 is 0 Å². The third-order valence-electron chi connectivity index (χ3n) is 5.97. The minimum absolute atomic E-state index is 0.0396. The first kappa shape index (κ1) is 27.7. The van der Waals surface area contributed by atoms with Gasteiger partial charge in [-0.25, -0.2) is 4.79 Å². The molecule has 3 aromatic rings. The summed E-state index contributed by atoms with van der Waals surface area (Å²) in [6.45, 7) is 8.10. The highest BCUT2D eigenvalue weighted by molar-refractivity contribution is 6.02. The van der Waals surface area contributed by atoms with Crippen LogP contribution in [0.25, 0.3) is 10.9 Å². The van der Waals surface area contributed by atoms with Crippen molar-refractivity contribution in [1.29, 1.82) is 0 Å². The van der Waals surface area contributed by atoms with Gasteiger partial charge in [-0.2, -0.15) is 0 Å². The lowest BCUT2D eigenvalue weighted by molar-refractivity contribution is 0.0706. The molecule has 0 bridgehead atoms. The zero-order chi connectivity index (χ0) is 26.9. The number of aliphatic hydroxyl groups excluding tert-OH is 1. The number of fused-ring (bicyclic) bond motifs is 1. The Labute approximate surface area is 217 Å². The summed E-state index contributed by atoms with van der Waals surface area (Å²) in [6.07, 6.45) is 0.907. The lowest BCUT2D eigenvalue weighted by Crippen LogP contribution is -2.35. The van der Waals surface area contributed by atoms with E-state index in [-0.39, 0.29) is 18.5 Å². The van der Waals surface area contributed by atoms with Gasteiger partial charge in [-0.05, 0) is 55.9 Å². The lowest BCUT2D eigenvalue weighted by atomic mass is 10.1. The average molecular weight is 510 g/mol. The molecule has 2 aromatic carbocycles. The number of benzene rings is 2. The molecule has 0 radical (unpaired) electrons. The largest absolute Gasteiger partial charge is 0.490 e. The number of carbonyl (C=O) groups is 2. The van der Waals surface area contributed by atoms with Gasteiger partial charge in [-0.15, -0.1) is 0 Å². The van der Waals surface area contributed by atoms with Crippen LogP contribution in [0.3, 0.4) is 0 Å². The second-order valence-corrected chi connectivity index (χ2v) is 8.49. The maximum absolute atomic E-state index is 12.7. The molecule has 1 aromatic heterocycles. The first-order valence-electron chi connectivity index (χ1n) is 12.2. The first-order chi connectivity index (χ1) is 17.8. The summed E-state index contributed by atoms with van der Waals surface area (Å²) >= 11 is 0. The lowest BCUT2D eigenvalue weighted by Gasteiger charge is -2.22. The Bertz CT molecular complexity index is 1250. The van der Waals surface area contributed by atoms with Gasteiger partial charge in [0.1, 0.15) is 30.0 Å². The molecule has 0 spiro atoms. The Balaban J connectivity index is 1.89. The number of anilines is 1. The number of aliphatic hydroxyl groups is 1. The Kier molecular flexibility index (Phi) is 9.64. The van der Waals surface area contributed by atoms with E-state index in [1.165, 1.54) is 0 Å². The number of aryl methyl sites for hydroxylation is 1. The zero-order valence-electron chi connectivity index (χ0n) is 21.9. The van der Waals surface area contributed by atoms with Crippen LogP contribution in [-0.4, -0.2) is 73.4 Å². The quantitative estimate of drug-likeness (QED) is 0.312. The van der Waals surface area contributed by atoms with Crippen molar-refractivity contribution >= 4 is 28.5 Å². The molecule has 0 aliphatic carbocycles. The molecule has 0 fully saturated rings. The van der Waals surface area contributed by atoms with Gasteiger partial charge in [0.2, 0.25) is 0 Å². The predicted molar refractivity (Wildman–Crippen MR) is 144 cm³/mol. The summed E-state index contributed by atoms with van der Waals surface area (Å²) < 4.78 is 12.0. The van der Waals surface area contributed by atoms with Crippen molar-refractivity contribution in [2.75, 3.05) is 45.7 Å². The Morgan fingerprint density at radius 1 is 1.05 bits per heavy atom. The molecule has 0 unspecified atom stereocenters. The maximum atomic E-state index is 12.7. The van der Waals surface area contributed by atoms with Crippen molar-refractivity contribution in [2.24, 2.45) is 0 Å². The summed E-state index contributed by atoms with van der Waals surface area (Å²) in [5.74, 6) is 1.07. The van der Waals surface area contributed by atoms with Gasteiger partial charge in [0.05, 0.1) is 11.1 Å². The molecule has 1 atom stereocenters. The number of nitrogens with zero attached hydrogens (tertiary/aromatic N) is 2. The molecule has 198 valence electrons. The minimum Gasteiger partial charge on any atom is -0.490 e. The number of ether oxygens (including phenoxy) is 2. The average Bonchev–Trinajstić information content (AvgIpc) is 2.91. The summed E-state index contributed by atoms with van der Waals surface area (Å²) in [4.78, 5) is 30.9. The molecule has 4 N–H and O–H groups in total. The van der Waals surface area contributed by atoms with Crippen LogP contribution in [0.2, 0.25) is 0 Å². The van der Waals surface area contributed by atoms with Crippen LogP contribution in [0, 0.1) is 6.92 Å². The number of pyridine rings is 1. The molecule has 10 nitrogen and oxygen atoms in total. The van der Waals surface area contributed by atoms with Crippen LogP contribution in [0.4, 0.5) is 10.5 Å². The Hall–Kier alpha value is -3.89. The fourth-order valence-electron chi connectivity index (χ4n) is 3.84. The highest BCUT2D eigenvalue weighted by atomic mass is 16.5. The summed E-state index contributed by atoms with van der Waals surface area (Å²) in [7, 11) is 3.10. The van der Waals surface area contributed by atoms with E-state index in [0.29, 0.717) is 45.9 Å². The van der Waals surface area contributed by atoms with Crippen molar-refractivity contribution < 1.29 is 24.2 Å². The molecular formula is C27H35N5O5. The monoisotopic (exact) mass is 509 g/mol. The van der Waals surface area contributed by atoms with Gasteiger partial charge in [0.15, 0.2) is 0 Å². The number of likely N-dealkylation sites (N-methyl/N-ethyl adjacent to an activating group) is 1. The van der Waals surface area contributed by atoms with E-state index in [1.807, 2.05) is 26.8 Å². The summed E-state index contributed by atoms with van der Waals surface area (Å²) in [6, 6.07) is 10.1. The van der Waals surface area contributed by atoms with E-state index in [1.54, 1.807) is 50.6 Å². The number of carbonyl (C=O) groups excluding carboxylic acids is 2. The highest BCUT2D eigenvalue weighted by Gasteiger charge is 2.18. The highest BCUT2D eigenvalue weighted by Crippen LogP contribution is 2.34. The SMILES string of the molecule is CCN(CC)C[C@@H](O)COc1cc2nccc(Oc3ccc(NC(=O)NC)c(C)c3)c2cc1C(=O)NC. The zero-order valence-corrected chi connectivity index (χ0v) is 21.9. The standard InChI is InChI=1S/C27H35N5O5/c1-6-32(7-2)15-18(33)16-36-25-14-23-20(13-21(25)26(34)28-4)24(10-11-30-23)37-19-8-9-22(17(3)12-19)31-27(35)29-5/h8-14,18,33H,6-7,15-16H2,1-5H3,(H,28,34)(H2,29,31,35)/t18-/m1/s1. The Morgan fingerprint density at radius 3 is 2.46 bits per heavy atom. The Morgan fingerprint density at radius 2 is 1.81 bits per heavy atom. The fourth-order valence-corrected chi connectivity index (χ4v) is 3.84. The van der Waals surface area contributed by atoms with E-state index >= 15 is 0 Å². The number of nitrogens with one attached hydrogen (secondary N) is 3. The van der Waals surface area contributed by atoms with Crippen molar-refractivity contribution in [3.63, 3.8) is 0 Å². The molecular weight excluding hydrogens is 474 g/mol. The van der Waals surface area contributed by atoms with Crippen LogP contribution < -0.4 is 25.4 Å². The van der Waals surface area contributed by atoms with Crippen LogP contribution in [0.15, 0.2) is 42.6 Å². The predicted octanol–water partition coefficient (Wildman–Crippen LogP) is 3.53. The second kappa shape index (κ2) is 12.9. The first-order valence-corrected chi connectivity index (χ1v) is 12.2. The van der Waals surface area contributed by atoms with Gasteiger partial charge in [0.25, 0.3) is 5.91 Å². The number of rotatable bonds is 11. The molecule has 0 aliphatic heterocycles. The summed E-state index contributed by atoms with van der Waals surface area (Å²) in [5.41, 5.74) is 2.37. The third kappa shape index (κ3) is 7.08. The normalized spacial score (nSPS) is 11.8. The molecule has 3 amide bonds. The number of hydrogen-bond donors (Lipinski definition) is 4.